The lowest BCUT2D eigenvalue weighted by atomic mass is 9.90. The van der Waals surface area contributed by atoms with Gasteiger partial charge in [-0.05, 0) is 39.8 Å². The van der Waals surface area contributed by atoms with Gasteiger partial charge < -0.3 is 10.2 Å². The Kier molecular flexibility index (Phi) is 4.73. The molecule has 2 amide bonds. The van der Waals surface area contributed by atoms with Gasteiger partial charge in [0.05, 0.1) is 0 Å². The summed E-state index contributed by atoms with van der Waals surface area (Å²) in [7, 11) is 5.86. The SMILES string of the molecule is CNC(=O)N(S)C1CCC(N(C)C)CC1. The maximum absolute atomic E-state index is 11.4. The molecule has 4 nitrogen and oxygen atoms in total. The number of urea groups is 1. The third-order valence-corrected chi connectivity index (χ3v) is 3.67. The lowest BCUT2D eigenvalue weighted by molar-refractivity contribution is 0.172. The highest BCUT2D eigenvalue weighted by molar-refractivity contribution is 7.78. The molecule has 0 atom stereocenters. The zero-order valence-corrected chi connectivity index (χ0v) is 10.6. The van der Waals surface area contributed by atoms with Crippen LogP contribution in [0.3, 0.4) is 0 Å². The molecule has 0 bridgehead atoms. The minimum absolute atomic E-state index is 0.105. The summed E-state index contributed by atoms with van der Waals surface area (Å²) in [6, 6.07) is 0.837. The van der Waals surface area contributed by atoms with E-state index >= 15 is 0 Å². The fourth-order valence-corrected chi connectivity index (χ4v) is 2.43. The number of hydrogen-bond acceptors (Lipinski definition) is 3. The van der Waals surface area contributed by atoms with E-state index in [1.54, 1.807) is 7.05 Å². The molecule has 1 fully saturated rings. The van der Waals surface area contributed by atoms with Gasteiger partial charge >= 0.3 is 6.03 Å². The zero-order valence-electron chi connectivity index (χ0n) is 9.73. The molecule has 0 aromatic rings. The van der Waals surface area contributed by atoms with Gasteiger partial charge in [0.2, 0.25) is 0 Å². The smallest absolute Gasteiger partial charge is 0.327 e. The van der Waals surface area contributed by atoms with E-state index in [0.717, 1.165) is 25.7 Å². The highest BCUT2D eigenvalue weighted by atomic mass is 32.1. The molecule has 0 saturated heterocycles. The maximum Gasteiger partial charge on any atom is 0.327 e. The van der Waals surface area contributed by atoms with E-state index < -0.39 is 0 Å². The van der Waals surface area contributed by atoms with Crippen LogP contribution in [0.5, 0.6) is 0 Å². The molecule has 0 aliphatic heterocycles. The first-order valence-electron chi connectivity index (χ1n) is 5.42. The molecule has 15 heavy (non-hydrogen) atoms. The molecule has 1 saturated carbocycles. The van der Waals surface area contributed by atoms with Crippen molar-refractivity contribution in [3.05, 3.63) is 0 Å². The fourth-order valence-electron chi connectivity index (χ4n) is 2.10. The molecule has 0 unspecified atom stereocenters. The van der Waals surface area contributed by atoms with Crippen molar-refractivity contribution >= 4 is 18.8 Å². The summed E-state index contributed by atoms with van der Waals surface area (Å²) in [5, 5.41) is 2.60. The standard InChI is InChI=1S/C10H21N3OS/c1-11-10(14)13(15)9-6-4-8(5-7-9)12(2)3/h8-9,15H,4-7H2,1-3H3,(H,11,14). The molecular formula is C10H21N3OS. The average Bonchev–Trinajstić information content (AvgIpc) is 2.27. The van der Waals surface area contributed by atoms with Crippen LogP contribution in [0.1, 0.15) is 25.7 Å². The molecule has 1 N–H and O–H groups in total. The van der Waals surface area contributed by atoms with Crippen LogP contribution in [-0.2, 0) is 0 Å². The highest BCUT2D eigenvalue weighted by Gasteiger charge is 2.27. The van der Waals surface area contributed by atoms with Crippen LogP contribution in [0.2, 0.25) is 0 Å². The third-order valence-electron chi connectivity index (χ3n) is 3.16. The number of hydrogen-bond donors (Lipinski definition) is 2. The predicted molar refractivity (Wildman–Crippen MR) is 65.0 cm³/mol. The summed E-state index contributed by atoms with van der Waals surface area (Å²) in [4.78, 5) is 13.6. The van der Waals surface area contributed by atoms with Gasteiger partial charge in [0.25, 0.3) is 0 Å². The molecule has 1 rings (SSSR count). The van der Waals surface area contributed by atoms with E-state index in [4.69, 9.17) is 0 Å². The largest absolute Gasteiger partial charge is 0.340 e. The van der Waals surface area contributed by atoms with Crippen molar-refractivity contribution in [1.82, 2.24) is 14.5 Å². The molecule has 1 aliphatic rings. The van der Waals surface area contributed by atoms with E-state index in [-0.39, 0.29) is 12.1 Å². The van der Waals surface area contributed by atoms with Gasteiger partial charge in [-0.15, -0.1) is 0 Å². The summed E-state index contributed by atoms with van der Waals surface area (Å²) < 4.78 is 1.53. The quantitative estimate of drug-likeness (QED) is 0.704. The molecule has 1 aliphatic carbocycles. The minimum atomic E-state index is -0.105. The summed E-state index contributed by atoms with van der Waals surface area (Å²) in [5.41, 5.74) is 0. The monoisotopic (exact) mass is 231 g/mol. The summed E-state index contributed by atoms with van der Waals surface area (Å²) in [6.45, 7) is 0. The van der Waals surface area contributed by atoms with E-state index in [0.29, 0.717) is 6.04 Å². The Morgan fingerprint density at radius 3 is 2.07 bits per heavy atom. The Bertz CT molecular complexity index is 215. The lowest BCUT2D eigenvalue weighted by Gasteiger charge is -2.35. The van der Waals surface area contributed by atoms with Gasteiger partial charge in [-0.25, -0.2) is 4.79 Å². The van der Waals surface area contributed by atoms with Crippen molar-refractivity contribution in [3.8, 4) is 0 Å². The normalized spacial score (nSPS) is 26.5. The molecule has 0 heterocycles. The van der Waals surface area contributed by atoms with Gasteiger partial charge in [0.1, 0.15) is 0 Å². The Morgan fingerprint density at radius 1 is 1.20 bits per heavy atom. The first kappa shape index (κ1) is 12.6. The molecule has 0 aromatic carbocycles. The maximum atomic E-state index is 11.4. The van der Waals surface area contributed by atoms with Gasteiger partial charge in [-0.3, -0.25) is 4.31 Å². The first-order valence-corrected chi connectivity index (χ1v) is 5.82. The number of carbonyl (C=O) groups is 1. The first-order chi connectivity index (χ1) is 7.06. The van der Waals surface area contributed by atoms with E-state index in [1.807, 2.05) is 0 Å². The van der Waals surface area contributed by atoms with Crippen LogP contribution in [-0.4, -0.2) is 48.5 Å². The molecule has 0 radical (unpaired) electrons. The number of nitrogens with zero attached hydrogens (tertiary/aromatic N) is 2. The van der Waals surface area contributed by atoms with E-state index in [2.05, 4.69) is 37.1 Å². The van der Waals surface area contributed by atoms with Crippen molar-refractivity contribution in [2.75, 3.05) is 21.1 Å². The minimum Gasteiger partial charge on any atom is -0.340 e. The van der Waals surface area contributed by atoms with Gasteiger partial charge in [-0.2, -0.15) is 0 Å². The Labute approximate surface area is 97.5 Å². The molecular weight excluding hydrogens is 210 g/mol. The topological polar surface area (TPSA) is 35.6 Å². The molecule has 5 heteroatoms. The zero-order chi connectivity index (χ0) is 11.4. The second kappa shape index (κ2) is 5.61. The van der Waals surface area contributed by atoms with E-state index in [9.17, 15) is 4.79 Å². The summed E-state index contributed by atoms with van der Waals surface area (Å²) >= 11 is 4.24. The van der Waals surface area contributed by atoms with Crippen molar-refractivity contribution in [2.24, 2.45) is 0 Å². The van der Waals surface area contributed by atoms with Crippen LogP contribution < -0.4 is 5.32 Å². The fraction of sp³-hybridized carbons (Fsp3) is 0.900. The van der Waals surface area contributed by atoms with Crippen LogP contribution >= 0.6 is 12.8 Å². The summed E-state index contributed by atoms with van der Waals surface area (Å²) in [6.07, 6.45) is 4.37. The second-order valence-electron chi connectivity index (χ2n) is 4.33. The van der Waals surface area contributed by atoms with Crippen LogP contribution in [0.15, 0.2) is 0 Å². The van der Waals surface area contributed by atoms with Crippen molar-refractivity contribution in [1.29, 1.82) is 0 Å². The molecule has 88 valence electrons. The van der Waals surface area contributed by atoms with Crippen LogP contribution in [0.25, 0.3) is 0 Å². The number of rotatable bonds is 2. The van der Waals surface area contributed by atoms with E-state index in [1.165, 1.54) is 4.31 Å². The highest BCUT2D eigenvalue weighted by Crippen LogP contribution is 2.26. The molecule has 0 aromatic heterocycles. The number of thiol groups is 1. The van der Waals surface area contributed by atoms with Crippen molar-refractivity contribution in [3.63, 3.8) is 0 Å². The summed E-state index contributed by atoms with van der Waals surface area (Å²) in [5.74, 6) is 0. The molecule has 0 spiro atoms. The number of amides is 2. The van der Waals surface area contributed by atoms with Crippen molar-refractivity contribution in [2.45, 2.75) is 37.8 Å². The van der Waals surface area contributed by atoms with Gasteiger partial charge in [0.15, 0.2) is 0 Å². The second-order valence-corrected chi connectivity index (χ2v) is 4.76. The lowest BCUT2D eigenvalue weighted by Crippen LogP contribution is -2.43. The Morgan fingerprint density at radius 2 is 1.67 bits per heavy atom. The Balaban J connectivity index is 2.40. The average molecular weight is 231 g/mol. The number of carbonyl (C=O) groups excluding carboxylic acids is 1. The Hall–Kier alpha value is -0.420. The van der Waals surface area contributed by atoms with Crippen molar-refractivity contribution < 1.29 is 4.79 Å². The third kappa shape index (κ3) is 3.28. The van der Waals surface area contributed by atoms with Crippen LogP contribution in [0, 0.1) is 0 Å². The van der Waals surface area contributed by atoms with Crippen LogP contribution in [0.4, 0.5) is 4.79 Å². The number of nitrogens with one attached hydrogen (secondary N) is 1. The van der Waals surface area contributed by atoms with Gasteiger partial charge in [-0.1, -0.05) is 12.8 Å². The van der Waals surface area contributed by atoms with Gasteiger partial charge in [0, 0.05) is 19.1 Å². The predicted octanol–water partition coefficient (Wildman–Crippen LogP) is 1.35.